The van der Waals surface area contributed by atoms with Gasteiger partial charge in [0.2, 0.25) is 0 Å². The number of benzene rings is 2. The van der Waals surface area contributed by atoms with Gasteiger partial charge in [-0.25, -0.2) is 0 Å². The van der Waals surface area contributed by atoms with Gasteiger partial charge in [-0.1, -0.05) is 41.9 Å². The number of nitro benzene ring substituents is 1. The van der Waals surface area contributed by atoms with E-state index in [9.17, 15) is 19.7 Å². The number of hydrogen-bond acceptors (Lipinski definition) is 5. The van der Waals surface area contributed by atoms with E-state index >= 15 is 0 Å². The van der Waals surface area contributed by atoms with Crippen LogP contribution in [-0.2, 0) is 4.79 Å². The van der Waals surface area contributed by atoms with E-state index in [-0.39, 0.29) is 23.8 Å². The van der Waals surface area contributed by atoms with Crippen LogP contribution in [0.1, 0.15) is 35.7 Å². The summed E-state index contributed by atoms with van der Waals surface area (Å²) in [6.45, 7) is 3.68. The van der Waals surface area contributed by atoms with Crippen LogP contribution in [-0.4, -0.2) is 23.3 Å². The van der Waals surface area contributed by atoms with Crippen molar-refractivity contribution < 1.29 is 19.2 Å². The Hall–Kier alpha value is -2.94. The van der Waals surface area contributed by atoms with Crippen LogP contribution in [0.15, 0.2) is 46.9 Å². The molecule has 0 atom stereocenters. The van der Waals surface area contributed by atoms with Crippen LogP contribution >= 0.6 is 15.9 Å². The summed E-state index contributed by atoms with van der Waals surface area (Å²) < 4.78 is 6.43. The minimum absolute atomic E-state index is 0.154. The van der Waals surface area contributed by atoms with E-state index in [1.54, 1.807) is 12.1 Å². The highest BCUT2D eigenvalue weighted by Gasteiger charge is 2.19. The average Bonchev–Trinajstić information content (AvgIpc) is 2.64. The number of carbonyl (C=O) groups excluding carboxylic acids is 2. The molecule has 0 spiro atoms. The Morgan fingerprint density at radius 2 is 1.89 bits per heavy atom. The summed E-state index contributed by atoms with van der Waals surface area (Å²) in [4.78, 5) is 34.3. The Labute approximate surface area is 164 Å². The number of hydrazine groups is 1. The fraction of sp³-hybridized carbons (Fsp3) is 0.222. The predicted octanol–water partition coefficient (Wildman–Crippen LogP) is 3.32. The van der Waals surface area contributed by atoms with Gasteiger partial charge < -0.3 is 4.74 Å². The highest BCUT2D eigenvalue weighted by molar-refractivity contribution is 9.10. The molecule has 0 radical (unpaired) electrons. The standard InChI is InChI=1S/C18H18BrN3O5/c1-11(2)14-9-12(19)7-8-16(14)27-10-17(23)20-21-18(24)13-5-3-4-6-15(13)22(25)26/h3-9,11H,10H2,1-2H3,(H,20,23)(H,21,24). The highest BCUT2D eigenvalue weighted by Crippen LogP contribution is 2.29. The van der Waals surface area contributed by atoms with Gasteiger partial charge in [-0.15, -0.1) is 0 Å². The molecule has 27 heavy (non-hydrogen) atoms. The van der Waals surface area contributed by atoms with Gasteiger partial charge in [0.1, 0.15) is 11.3 Å². The summed E-state index contributed by atoms with van der Waals surface area (Å²) in [6, 6.07) is 10.9. The normalized spacial score (nSPS) is 10.4. The van der Waals surface area contributed by atoms with Crippen LogP contribution in [0.5, 0.6) is 5.75 Å². The molecule has 9 heteroatoms. The van der Waals surface area contributed by atoms with E-state index < -0.39 is 16.7 Å². The minimum Gasteiger partial charge on any atom is -0.483 e. The van der Waals surface area contributed by atoms with Crippen LogP contribution in [0.25, 0.3) is 0 Å². The molecule has 0 unspecified atom stereocenters. The molecule has 0 fully saturated rings. The van der Waals surface area contributed by atoms with E-state index in [4.69, 9.17) is 4.74 Å². The summed E-state index contributed by atoms with van der Waals surface area (Å²) in [5.41, 5.74) is 4.76. The largest absolute Gasteiger partial charge is 0.483 e. The third kappa shape index (κ3) is 5.52. The van der Waals surface area contributed by atoms with Crippen molar-refractivity contribution in [3.8, 4) is 5.75 Å². The fourth-order valence-electron chi connectivity index (χ4n) is 2.30. The van der Waals surface area contributed by atoms with Gasteiger partial charge in [0.15, 0.2) is 6.61 Å². The summed E-state index contributed by atoms with van der Waals surface area (Å²) in [5, 5.41) is 10.9. The second-order valence-electron chi connectivity index (χ2n) is 5.90. The lowest BCUT2D eigenvalue weighted by atomic mass is 10.0. The number of nitro groups is 1. The number of rotatable bonds is 6. The Balaban J connectivity index is 1.94. The van der Waals surface area contributed by atoms with Crippen LogP contribution in [0.3, 0.4) is 0 Å². The highest BCUT2D eigenvalue weighted by atomic mass is 79.9. The first-order valence-electron chi connectivity index (χ1n) is 8.04. The summed E-state index contributed by atoms with van der Waals surface area (Å²) in [5.74, 6) is -0.631. The summed E-state index contributed by atoms with van der Waals surface area (Å²) in [6.07, 6.45) is 0. The second kappa shape index (κ2) is 9.13. The number of ether oxygens (including phenoxy) is 1. The molecule has 0 saturated carbocycles. The number of carbonyl (C=O) groups is 2. The number of para-hydroxylation sites is 1. The first kappa shape index (κ1) is 20.4. The molecule has 2 N–H and O–H groups in total. The lowest BCUT2D eigenvalue weighted by Gasteiger charge is -2.14. The number of nitrogens with zero attached hydrogens (tertiary/aromatic N) is 1. The maximum absolute atomic E-state index is 12.1. The SMILES string of the molecule is CC(C)c1cc(Br)ccc1OCC(=O)NNC(=O)c1ccccc1[N+](=O)[O-]. The van der Waals surface area contributed by atoms with Gasteiger partial charge in [-0.2, -0.15) is 0 Å². The lowest BCUT2D eigenvalue weighted by molar-refractivity contribution is -0.385. The molecule has 2 amide bonds. The van der Waals surface area contributed by atoms with Crippen LogP contribution in [0, 0.1) is 10.1 Å². The van der Waals surface area contributed by atoms with Gasteiger partial charge in [0, 0.05) is 10.5 Å². The van der Waals surface area contributed by atoms with Crippen molar-refractivity contribution in [2.24, 2.45) is 0 Å². The first-order valence-corrected chi connectivity index (χ1v) is 8.83. The molecule has 2 rings (SSSR count). The molecule has 0 aromatic heterocycles. The lowest BCUT2D eigenvalue weighted by Crippen LogP contribution is -2.44. The molecule has 0 aliphatic carbocycles. The van der Waals surface area contributed by atoms with Crippen molar-refractivity contribution in [1.82, 2.24) is 10.9 Å². The summed E-state index contributed by atoms with van der Waals surface area (Å²) >= 11 is 3.39. The monoisotopic (exact) mass is 435 g/mol. The van der Waals surface area contributed by atoms with Gasteiger partial charge in [-0.3, -0.25) is 30.6 Å². The quantitative estimate of drug-likeness (QED) is 0.533. The Morgan fingerprint density at radius 3 is 2.56 bits per heavy atom. The Morgan fingerprint density at radius 1 is 1.19 bits per heavy atom. The van der Waals surface area contributed by atoms with Crippen LogP contribution in [0.2, 0.25) is 0 Å². The maximum atomic E-state index is 12.1. The molecule has 2 aromatic carbocycles. The van der Waals surface area contributed by atoms with Crippen LogP contribution in [0.4, 0.5) is 5.69 Å². The average molecular weight is 436 g/mol. The van der Waals surface area contributed by atoms with Crippen molar-refractivity contribution in [1.29, 1.82) is 0 Å². The molecule has 0 heterocycles. The van der Waals surface area contributed by atoms with Gasteiger partial charge >= 0.3 is 0 Å². The predicted molar refractivity (Wildman–Crippen MR) is 102 cm³/mol. The van der Waals surface area contributed by atoms with Crippen molar-refractivity contribution >= 4 is 33.4 Å². The second-order valence-corrected chi connectivity index (χ2v) is 6.82. The Kier molecular flexibility index (Phi) is 6.89. The first-order chi connectivity index (χ1) is 12.8. The molecule has 0 bridgehead atoms. The maximum Gasteiger partial charge on any atom is 0.282 e. The molecular formula is C18H18BrN3O5. The zero-order valence-electron chi connectivity index (χ0n) is 14.7. The molecule has 0 aliphatic heterocycles. The summed E-state index contributed by atoms with van der Waals surface area (Å²) in [7, 11) is 0. The number of hydrogen-bond donors (Lipinski definition) is 2. The van der Waals surface area contributed by atoms with Crippen LogP contribution < -0.4 is 15.6 Å². The van der Waals surface area contributed by atoms with Crippen molar-refractivity contribution in [3.63, 3.8) is 0 Å². The zero-order chi connectivity index (χ0) is 20.0. The van der Waals surface area contributed by atoms with Crippen molar-refractivity contribution in [3.05, 3.63) is 68.2 Å². The van der Waals surface area contributed by atoms with Crippen molar-refractivity contribution in [2.75, 3.05) is 6.61 Å². The number of nitrogens with one attached hydrogen (secondary N) is 2. The van der Waals surface area contributed by atoms with E-state index in [0.29, 0.717) is 5.75 Å². The van der Waals surface area contributed by atoms with E-state index in [1.165, 1.54) is 24.3 Å². The molecule has 0 aliphatic rings. The van der Waals surface area contributed by atoms with E-state index in [0.717, 1.165) is 10.0 Å². The minimum atomic E-state index is -0.790. The van der Waals surface area contributed by atoms with Gasteiger partial charge in [-0.05, 0) is 35.7 Å². The third-order valence-electron chi connectivity index (χ3n) is 3.61. The molecule has 8 nitrogen and oxygen atoms in total. The van der Waals surface area contributed by atoms with Crippen molar-refractivity contribution in [2.45, 2.75) is 19.8 Å². The molecule has 2 aromatic rings. The third-order valence-corrected chi connectivity index (χ3v) is 4.11. The number of amides is 2. The molecular weight excluding hydrogens is 418 g/mol. The zero-order valence-corrected chi connectivity index (χ0v) is 16.3. The van der Waals surface area contributed by atoms with E-state index in [1.807, 2.05) is 19.9 Å². The van der Waals surface area contributed by atoms with Gasteiger partial charge in [0.25, 0.3) is 17.5 Å². The number of halogens is 1. The smallest absolute Gasteiger partial charge is 0.282 e. The molecule has 142 valence electrons. The topological polar surface area (TPSA) is 111 Å². The van der Waals surface area contributed by atoms with Gasteiger partial charge in [0.05, 0.1) is 4.92 Å². The molecule has 0 saturated heterocycles. The van der Waals surface area contributed by atoms with E-state index in [2.05, 4.69) is 26.8 Å². The fourth-order valence-corrected chi connectivity index (χ4v) is 2.68. The Bertz CT molecular complexity index is 870.